The molecule has 0 radical (unpaired) electrons. The van der Waals surface area contributed by atoms with Gasteiger partial charge in [0.25, 0.3) is 5.56 Å². The summed E-state index contributed by atoms with van der Waals surface area (Å²) in [6.45, 7) is 3.70. The Balaban J connectivity index is 1.71. The summed E-state index contributed by atoms with van der Waals surface area (Å²) in [6.07, 6.45) is 0.402. The Morgan fingerprint density at radius 1 is 1.23 bits per heavy atom. The molecule has 0 saturated carbocycles. The second-order valence-corrected chi connectivity index (χ2v) is 9.75. The number of nitrogens with zero attached hydrogens (tertiary/aromatic N) is 2. The predicted octanol–water partition coefficient (Wildman–Crippen LogP) is 3.16. The van der Waals surface area contributed by atoms with E-state index in [-0.39, 0.29) is 16.4 Å². The Labute approximate surface area is 182 Å². The monoisotopic (exact) mass is 456 g/mol. The minimum absolute atomic E-state index is 0.0226. The first-order valence-electron chi connectivity index (χ1n) is 9.54. The number of carbonyl (C=O) groups excluding carboxylic acids is 1. The first-order valence-corrected chi connectivity index (χ1v) is 11.9. The Kier molecular flexibility index (Phi) is 5.38. The minimum Gasteiger partial charge on any atom is -0.300 e. The van der Waals surface area contributed by atoms with E-state index in [1.54, 1.807) is 0 Å². The van der Waals surface area contributed by atoms with Gasteiger partial charge in [0.2, 0.25) is 15.9 Å². The highest BCUT2D eigenvalue weighted by Gasteiger charge is 2.23. The summed E-state index contributed by atoms with van der Waals surface area (Å²) < 4.78 is 25.2. The highest BCUT2D eigenvalue weighted by molar-refractivity contribution is 7.89. The van der Waals surface area contributed by atoms with Gasteiger partial charge >= 0.3 is 0 Å². The van der Waals surface area contributed by atoms with Gasteiger partial charge in [0.15, 0.2) is 5.13 Å². The van der Waals surface area contributed by atoms with Crippen LogP contribution in [-0.4, -0.2) is 23.9 Å². The second kappa shape index (κ2) is 7.88. The van der Waals surface area contributed by atoms with Crippen molar-refractivity contribution in [1.82, 2.24) is 9.55 Å². The number of aromatic nitrogens is 2. The van der Waals surface area contributed by atoms with E-state index in [0.717, 1.165) is 22.3 Å². The molecule has 1 unspecified atom stereocenters. The largest absolute Gasteiger partial charge is 0.300 e. The van der Waals surface area contributed by atoms with E-state index in [2.05, 4.69) is 10.3 Å². The van der Waals surface area contributed by atoms with Crippen LogP contribution >= 0.6 is 11.3 Å². The van der Waals surface area contributed by atoms with Crippen molar-refractivity contribution in [3.63, 3.8) is 0 Å². The van der Waals surface area contributed by atoms with Crippen LogP contribution in [0.1, 0.15) is 24.9 Å². The van der Waals surface area contributed by atoms with Crippen LogP contribution in [0.4, 0.5) is 5.13 Å². The summed E-state index contributed by atoms with van der Waals surface area (Å²) in [7, 11) is -3.84. The van der Waals surface area contributed by atoms with E-state index >= 15 is 0 Å². The lowest BCUT2D eigenvalue weighted by molar-refractivity contribution is -0.119. The fraction of sp³-hybridized carbons (Fsp3) is 0.190. The van der Waals surface area contributed by atoms with Crippen LogP contribution in [0, 0.1) is 6.92 Å². The molecule has 0 spiro atoms. The number of nitrogens with two attached hydrogens (primary N) is 1. The standard InChI is InChI=1S/C21H20N4O4S2/c1-3-16(25-17-7-5-4-6-14(17)12(2)10-19(25)26)20(27)24-21-23-15-9-8-13(31(22,28)29)11-18(15)30-21/h4-11,16H,3H2,1-2H3,(H2,22,28,29)(H,23,24,27). The lowest BCUT2D eigenvalue weighted by Crippen LogP contribution is -2.33. The summed E-state index contributed by atoms with van der Waals surface area (Å²) >= 11 is 1.14. The van der Waals surface area contributed by atoms with Crippen LogP contribution in [0.2, 0.25) is 0 Å². The molecule has 2 aromatic carbocycles. The van der Waals surface area contributed by atoms with Gasteiger partial charge in [-0.15, -0.1) is 0 Å². The predicted molar refractivity (Wildman–Crippen MR) is 122 cm³/mol. The van der Waals surface area contributed by atoms with Gasteiger partial charge in [0.1, 0.15) is 6.04 Å². The Morgan fingerprint density at radius 3 is 2.68 bits per heavy atom. The van der Waals surface area contributed by atoms with E-state index < -0.39 is 16.1 Å². The zero-order valence-electron chi connectivity index (χ0n) is 16.8. The first kappa shape index (κ1) is 21.2. The number of sulfonamides is 1. The highest BCUT2D eigenvalue weighted by atomic mass is 32.2. The molecule has 3 N–H and O–H groups in total. The van der Waals surface area contributed by atoms with Crippen molar-refractivity contribution in [2.75, 3.05) is 5.32 Å². The number of rotatable bonds is 5. The number of para-hydroxylation sites is 1. The first-order chi connectivity index (χ1) is 14.7. The molecule has 0 aliphatic rings. The van der Waals surface area contributed by atoms with Gasteiger partial charge < -0.3 is 5.32 Å². The number of anilines is 1. The summed E-state index contributed by atoms with van der Waals surface area (Å²) in [5.74, 6) is -0.371. The molecule has 1 atom stereocenters. The maximum Gasteiger partial charge on any atom is 0.252 e. The molecule has 8 nitrogen and oxygen atoms in total. The molecule has 2 heterocycles. The molecule has 4 rings (SSSR count). The lowest BCUT2D eigenvalue weighted by atomic mass is 10.1. The molecule has 0 bridgehead atoms. The topological polar surface area (TPSA) is 124 Å². The molecule has 0 aliphatic carbocycles. The van der Waals surface area contributed by atoms with Gasteiger partial charge in [-0.2, -0.15) is 0 Å². The Hall–Kier alpha value is -3.08. The molecular weight excluding hydrogens is 436 g/mol. The van der Waals surface area contributed by atoms with Crippen LogP contribution in [0.25, 0.3) is 21.1 Å². The zero-order chi connectivity index (χ0) is 22.3. The summed E-state index contributed by atoms with van der Waals surface area (Å²) in [5.41, 5.74) is 1.83. The lowest BCUT2D eigenvalue weighted by Gasteiger charge is -2.20. The molecule has 2 aromatic heterocycles. The van der Waals surface area contributed by atoms with Crippen molar-refractivity contribution in [2.45, 2.75) is 31.2 Å². The number of aryl methyl sites for hydroxylation is 1. The summed E-state index contributed by atoms with van der Waals surface area (Å²) in [4.78, 5) is 30.2. The van der Waals surface area contributed by atoms with E-state index in [1.807, 2.05) is 38.1 Å². The van der Waals surface area contributed by atoms with E-state index in [0.29, 0.717) is 27.3 Å². The van der Waals surface area contributed by atoms with Crippen molar-refractivity contribution < 1.29 is 13.2 Å². The third-order valence-corrected chi connectivity index (χ3v) is 6.93. The number of benzene rings is 2. The van der Waals surface area contributed by atoms with Gasteiger partial charge in [-0.1, -0.05) is 36.5 Å². The fourth-order valence-corrected chi connectivity index (χ4v) is 5.12. The molecule has 4 aromatic rings. The van der Waals surface area contributed by atoms with Crippen molar-refractivity contribution in [2.24, 2.45) is 5.14 Å². The van der Waals surface area contributed by atoms with Gasteiger partial charge in [-0.3, -0.25) is 14.2 Å². The van der Waals surface area contributed by atoms with Crippen molar-refractivity contribution >= 4 is 53.5 Å². The maximum absolute atomic E-state index is 13.1. The molecule has 160 valence electrons. The normalized spacial score (nSPS) is 12.9. The molecule has 31 heavy (non-hydrogen) atoms. The highest BCUT2D eigenvalue weighted by Crippen LogP contribution is 2.29. The molecule has 1 amide bonds. The van der Waals surface area contributed by atoms with Gasteiger partial charge in [-0.25, -0.2) is 18.5 Å². The van der Waals surface area contributed by atoms with Gasteiger partial charge in [0.05, 0.1) is 20.6 Å². The van der Waals surface area contributed by atoms with Crippen LogP contribution in [0.15, 0.2) is 58.2 Å². The van der Waals surface area contributed by atoms with E-state index in [1.165, 1.54) is 28.8 Å². The van der Waals surface area contributed by atoms with Crippen LogP contribution in [0.3, 0.4) is 0 Å². The van der Waals surface area contributed by atoms with Crippen molar-refractivity contribution in [1.29, 1.82) is 0 Å². The third kappa shape index (κ3) is 3.97. The van der Waals surface area contributed by atoms with Crippen LogP contribution in [-0.2, 0) is 14.8 Å². The average molecular weight is 457 g/mol. The summed E-state index contributed by atoms with van der Waals surface area (Å²) in [6, 6.07) is 12.6. The molecule has 0 saturated heterocycles. The SMILES string of the molecule is CCC(C(=O)Nc1nc2ccc(S(N)(=O)=O)cc2s1)n1c(=O)cc(C)c2ccccc21. The number of fused-ring (bicyclic) bond motifs is 2. The summed E-state index contributed by atoms with van der Waals surface area (Å²) in [5, 5.41) is 9.18. The van der Waals surface area contributed by atoms with Crippen LogP contribution in [0.5, 0.6) is 0 Å². The number of pyridine rings is 1. The molecule has 0 aliphatic heterocycles. The maximum atomic E-state index is 13.1. The van der Waals surface area contributed by atoms with Crippen LogP contribution < -0.4 is 16.0 Å². The minimum atomic E-state index is -3.84. The smallest absolute Gasteiger partial charge is 0.252 e. The number of carbonyl (C=O) groups is 1. The molecule has 0 fully saturated rings. The molecular formula is C21H20N4O4S2. The van der Waals surface area contributed by atoms with Gasteiger partial charge in [-0.05, 0) is 43.2 Å². The van der Waals surface area contributed by atoms with Gasteiger partial charge in [0, 0.05) is 11.5 Å². The fourth-order valence-electron chi connectivity index (χ4n) is 3.60. The third-order valence-electron chi connectivity index (χ3n) is 5.09. The van der Waals surface area contributed by atoms with Crippen molar-refractivity contribution in [3.8, 4) is 0 Å². The average Bonchev–Trinajstić information content (AvgIpc) is 3.11. The quantitative estimate of drug-likeness (QED) is 0.477. The molecule has 10 heteroatoms. The zero-order valence-corrected chi connectivity index (χ0v) is 18.5. The van der Waals surface area contributed by atoms with Crippen molar-refractivity contribution in [3.05, 3.63) is 64.4 Å². The number of nitrogens with one attached hydrogen (secondary N) is 1. The van der Waals surface area contributed by atoms with E-state index in [4.69, 9.17) is 5.14 Å². The number of primary sulfonamides is 1. The Bertz CT molecular complexity index is 1490. The number of thiazole rings is 1. The van der Waals surface area contributed by atoms with E-state index in [9.17, 15) is 18.0 Å². The number of hydrogen-bond donors (Lipinski definition) is 2. The Morgan fingerprint density at radius 2 is 1.97 bits per heavy atom. The second-order valence-electron chi connectivity index (χ2n) is 7.16. The number of hydrogen-bond acceptors (Lipinski definition) is 6. The number of amides is 1.